The minimum absolute atomic E-state index is 0.512. The third kappa shape index (κ3) is 3.80. The molecule has 1 fully saturated rings. The van der Waals surface area contributed by atoms with Gasteiger partial charge in [0.15, 0.2) is 5.96 Å². The normalized spacial score (nSPS) is 21.1. The van der Waals surface area contributed by atoms with Gasteiger partial charge in [0.2, 0.25) is 0 Å². The Morgan fingerprint density at radius 2 is 2.53 bits per heavy atom. The molecular weight excluding hydrogens is 190 g/mol. The van der Waals surface area contributed by atoms with Crippen molar-refractivity contribution in [3.63, 3.8) is 0 Å². The number of rotatable bonds is 3. The van der Waals surface area contributed by atoms with Gasteiger partial charge in [-0.05, 0) is 6.42 Å². The van der Waals surface area contributed by atoms with E-state index in [9.17, 15) is 0 Å². The zero-order valence-electron chi connectivity index (χ0n) is 9.49. The van der Waals surface area contributed by atoms with Crippen molar-refractivity contribution < 1.29 is 4.74 Å². The van der Waals surface area contributed by atoms with Crippen LogP contribution in [-0.2, 0) is 4.74 Å². The Balaban J connectivity index is 2.36. The lowest BCUT2D eigenvalue weighted by Gasteiger charge is -2.23. The van der Waals surface area contributed by atoms with E-state index in [-0.39, 0.29) is 0 Å². The second-order valence-electron chi connectivity index (χ2n) is 3.72. The number of nitrogens with one attached hydrogen (secondary N) is 1. The largest absolute Gasteiger partial charge is 0.381 e. The summed E-state index contributed by atoms with van der Waals surface area (Å²) in [7, 11) is 3.78. The van der Waals surface area contributed by atoms with Crippen LogP contribution in [0.1, 0.15) is 6.42 Å². The van der Waals surface area contributed by atoms with Gasteiger partial charge in [0.1, 0.15) is 0 Å². The van der Waals surface area contributed by atoms with E-state index in [1.165, 1.54) is 0 Å². The molecule has 15 heavy (non-hydrogen) atoms. The van der Waals surface area contributed by atoms with Crippen LogP contribution in [0, 0.1) is 18.3 Å². The Labute approximate surface area is 91.7 Å². The van der Waals surface area contributed by atoms with Gasteiger partial charge in [-0.25, -0.2) is 0 Å². The molecule has 0 saturated carbocycles. The highest BCUT2D eigenvalue weighted by Gasteiger charge is 2.18. The third-order valence-corrected chi connectivity index (χ3v) is 2.48. The van der Waals surface area contributed by atoms with Crippen LogP contribution >= 0.6 is 0 Å². The van der Waals surface area contributed by atoms with Gasteiger partial charge < -0.3 is 15.0 Å². The molecule has 0 aromatic rings. The second-order valence-corrected chi connectivity index (χ2v) is 3.72. The fourth-order valence-corrected chi connectivity index (χ4v) is 1.72. The molecule has 4 nitrogen and oxygen atoms in total. The zero-order valence-corrected chi connectivity index (χ0v) is 9.49. The van der Waals surface area contributed by atoms with Gasteiger partial charge in [0.25, 0.3) is 0 Å². The van der Waals surface area contributed by atoms with Crippen molar-refractivity contribution in [3.05, 3.63) is 0 Å². The van der Waals surface area contributed by atoms with Gasteiger partial charge >= 0.3 is 0 Å². The molecule has 0 radical (unpaired) electrons. The van der Waals surface area contributed by atoms with Gasteiger partial charge in [-0.2, -0.15) is 0 Å². The molecular formula is C11H19N3O. The lowest BCUT2D eigenvalue weighted by Crippen LogP contribution is -2.41. The molecule has 1 heterocycles. The van der Waals surface area contributed by atoms with Crippen LogP contribution in [-0.4, -0.2) is 51.3 Å². The van der Waals surface area contributed by atoms with Crippen molar-refractivity contribution in [1.29, 1.82) is 0 Å². The molecule has 1 rings (SSSR count). The predicted octanol–water partition coefficient (Wildman–Crippen LogP) is 0.163. The fraction of sp³-hybridized carbons (Fsp3) is 0.727. The predicted molar refractivity (Wildman–Crippen MR) is 61.8 cm³/mol. The fourth-order valence-electron chi connectivity index (χ4n) is 1.72. The topological polar surface area (TPSA) is 36.9 Å². The Bertz CT molecular complexity index is 251. The molecule has 0 amide bonds. The molecule has 84 valence electrons. The summed E-state index contributed by atoms with van der Waals surface area (Å²) in [6.07, 6.45) is 6.32. The van der Waals surface area contributed by atoms with Gasteiger partial charge in [-0.15, -0.1) is 6.42 Å². The first-order chi connectivity index (χ1) is 7.27. The standard InChI is InChI=1S/C11H19N3O/c1-4-6-13-11(12-2)14(3)8-10-5-7-15-9-10/h1,10H,5-9H2,2-3H3,(H,12,13). The number of ether oxygens (including phenoxy) is 1. The van der Waals surface area contributed by atoms with Crippen molar-refractivity contribution in [2.75, 3.05) is 40.4 Å². The van der Waals surface area contributed by atoms with E-state index in [2.05, 4.69) is 21.1 Å². The summed E-state index contributed by atoms with van der Waals surface area (Å²) in [5, 5.41) is 3.09. The monoisotopic (exact) mass is 209 g/mol. The summed E-state index contributed by atoms with van der Waals surface area (Å²) < 4.78 is 5.33. The van der Waals surface area contributed by atoms with Crippen LogP contribution in [0.3, 0.4) is 0 Å². The number of aliphatic imine (C=N–C) groups is 1. The molecule has 0 bridgehead atoms. The average molecular weight is 209 g/mol. The summed E-state index contributed by atoms with van der Waals surface area (Å²) in [5.74, 6) is 4.00. The molecule has 1 saturated heterocycles. The van der Waals surface area contributed by atoms with Crippen molar-refractivity contribution in [2.45, 2.75) is 6.42 Å². The zero-order chi connectivity index (χ0) is 11.1. The highest BCUT2D eigenvalue weighted by molar-refractivity contribution is 5.79. The quantitative estimate of drug-likeness (QED) is 0.409. The van der Waals surface area contributed by atoms with Crippen LogP contribution < -0.4 is 5.32 Å². The van der Waals surface area contributed by atoms with E-state index in [1.807, 2.05) is 7.05 Å². The Hall–Kier alpha value is -1.21. The van der Waals surface area contributed by atoms with Crippen LogP contribution in [0.15, 0.2) is 4.99 Å². The van der Waals surface area contributed by atoms with Crippen LogP contribution in [0.5, 0.6) is 0 Å². The van der Waals surface area contributed by atoms with Gasteiger partial charge in [0.05, 0.1) is 13.2 Å². The van der Waals surface area contributed by atoms with Crippen molar-refractivity contribution in [3.8, 4) is 12.3 Å². The molecule has 1 atom stereocenters. The first-order valence-corrected chi connectivity index (χ1v) is 5.21. The molecule has 0 aromatic carbocycles. The second kappa shape index (κ2) is 6.31. The minimum atomic E-state index is 0.512. The number of hydrogen-bond acceptors (Lipinski definition) is 2. The Morgan fingerprint density at radius 1 is 1.73 bits per heavy atom. The van der Waals surface area contributed by atoms with Crippen LogP contribution in [0.4, 0.5) is 0 Å². The highest BCUT2D eigenvalue weighted by Crippen LogP contribution is 2.12. The summed E-state index contributed by atoms with van der Waals surface area (Å²) in [4.78, 5) is 6.26. The molecule has 1 aliphatic rings. The van der Waals surface area contributed by atoms with E-state index in [4.69, 9.17) is 11.2 Å². The first kappa shape index (κ1) is 11.9. The molecule has 1 N–H and O–H groups in total. The van der Waals surface area contributed by atoms with Crippen molar-refractivity contribution >= 4 is 5.96 Å². The molecule has 0 spiro atoms. The maximum Gasteiger partial charge on any atom is 0.194 e. The smallest absolute Gasteiger partial charge is 0.194 e. The van der Waals surface area contributed by atoms with E-state index in [1.54, 1.807) is 7.05 Å². The van der Waals surface area contributed by atoms with Crippen molar-refractivity contribution in [2.24, 2.45) is 10.9 Å². The SMILES string of the molecule is C#CCNC(=NC)N(C)CC1CCOC1. The molecule has 4 heteroatoms. The van der Waals surface area contributed by atoms with Crippen molar-refractivity contribution in [1.82, 2.24) is 10.2 Å². The maximum atomic E-state index is 5.33. The summed E-state index contributed by atoms with van der Waals surface area (Å²) >= 11 is 0. The molecule has 0 aliphatic carbocycles. The average Bonchev–Trinajstić information content (AvgIpc) is 2.71. The first-order valence-electron chi connectivity index (χ1n) is 5.21. The lowest BCUT2D eigenvalue weighted by molar-refractivity contribution is 0.181. The summed E-state index contributed by atoms with van der Waals surface area (Å²) in [6, 6.07) is 0. The van der Waals surface area contributed by atoms with E-state index < -0.39 is 0 Å². The Kier molecular flexibility index (Phi) is 4.99. The number of nitrogens with zero attached hydrogens (tertiary/aromatic N) is 2. The van der Waals surface area contributed by atoms with Gasteiger partial charge in [-0.1, -0.05) is 5.92 Å². The number of hydrogen-bond donors (Lipinski definition) is 1. The van der Waals surface area contributed by atoms with Crippen LogP contribution in [0.25, 0.3) is 0 Å². The number of guanidine groups is 1. The van der Waals surface area contributed by atoms with E-state index in [0.717, 1.165) is 32.1 Å². The molecule has 1 unspecified atom stereocenters. The third-order valence-electron chi connectivity index (χ3n) is 2.48. The molecule has 0 aromatic heterocycles. The maximum absolute atomic E-state index is 5.33. The summed E-state index contributed by atoms with van der Waals surface area (Å²) in [5.41, 5.74) is 0. The van der Waals surface area contributed by atoms with Gasteiger partial charge in [-0.3, -0.25) is 4.99 Å². The molecule has 1 aliphatic heterocycles. The van der Waals surface area contributed by atoms with Gasteiger partial charge in [0, 0.05) is 33.2 Å². The lowest BCUT2D eigenvalue weighted by atomic mass is 10.1. The van der Waals surface area contributed by atoms with E-state index in [0.29, 0.717) is 12.5 Å². The van der Waals surface area contributed by atoms with E-state index >= 15 is 0 Å². The summed E-state index contributed by atoms with van der Waals surface area (Å²) in [6.45, 7) is 3.22. The minimum Gasteiger partial charge on any atom is -0.381 e. The van der Waals surface area contributed by atoms with Crippen LogP contribution in [0.2, 0.25) is 0 Å². The number of terminal acetylenes is 1. The highest BCUT2D eigenvalue weighted by atomic mass is 16.5. The Morgan fingerprint density at radius 3 is 3.07 bits per heavy atom.